The van der Waals surface area contributed by atoms with Gasteiger partial charge >= 0.3 is 0 Å². The Bertz CT molecular complexity index is 602. The van der Waals surface area contributed by atoms with Crippen LogP contribution in [-0.4, -0.2) is 26.7 Å². The molecule has 2 rings (SSSR count). The molecular weight excluding hydrogens is 344 g/mol. The number of rotatable bonds is 3. The molecule has 1 saturated heterocycles. The molecular formula is C13H19BrN2O3S. The summed E-state index contributed by atoms with van der Waals surface area (Å²) in [5, 5.41) is 8.53. The molecule has 0 amide bonds. The number of nitrogens with two attached hydrogens (primary N) is 1. The highest BCUT2D eigenvalue weighted by Crippen LogP contribution is 2.30. The summed E-state index contributed by atoms with van der Waals surface area (Å²) in [6, 6.07) is 5.05. The van der Waals surface area contributed by atoms with Crippen LogP contribution in [0.4, 0.5) is 5.69 Å². The first-order chi connectivity index (χ1) is 9.17. The molecule has 1 unspecified atom stereocenters. The summed E-state index contributed by atoms with van der Waals surface area (Å²) in [5.74, 6) is 0. The standard InChI is InChI=1S/C13H19BrN2O3S/c1-13(2)8-9(5-6-19-13)16-12-4-3-10(7-11(12)14)20(15,17)18/h3-4,7,9,16H,5-6,8H2,1-2H3,(H2,15,17,18). The van der Waals surface area contributed by atoms with E-state index in [4.69, 9.17) is 9.88 Å². The van der Waals surface area contributed by atoms with Crippen molar-refractivity contribution in [1.29, 1.82) is 0 Å². The number of benzene rings is 1. The van der Waals surface area contributed by atoms with Crippen LogP contribution in [0.5, 0.6) is 0 Å². The first kappa shape index (κ1) is 15.8. The zero-order valence-corrected chi connectivity index (χ0v) is 13.9. The molecule has 1 aromatic carbocycles. The van der Waals surface area contributed by atoms with E-state index in [1.807, 2.05) is 0 Å². The molecule has 0 aliphatic carbocycles. The molecule has 7 heteroatoms. The number of ether oxygens (including phenoxy) is 1. The predicted octanol–water partition coefficient (Wildman–Crippen LogP) is 2.47. The molecule has 1 atom stereocenters. The Morgan fingerprint density at radius 1 is 1.45 bits per heavy atom. The third-order valence-electron chi connectivity index (χ3n) is 3.33. The van der Waals surface area contributed by atoms with Gasteiger partial charge in [-0.05, 0) is 60.8 Å². The van der Waals surface area contributed by atoms with Crippen LogP contribution in [0.15, 0.2) is 27.6 Å². The van der Waals surface area contributed by atoms with Gasteiger partial charge in [-0.25, -0.2) is 13.6 Å². The molecule has 1 heterocycles. The minimum Gasteiger partial charge on any atom is -0.381 e. The number of primary sulfonamides is 1. The Hall–Kier alpha value is -0.630. The summed E-state index contributed by atoms with van der Waals surface area (Å²) < 4.78 is 29.0. The molecule has 0 saturated carbocycles. The summed E-state index contributed by atoms with van der Waals surface area (Å²) in [4.78, 5) is 0.0993. The van der Waals surface area contributed by atoms with Crippen LogP contribution in [0.3, 0.4) is 0 Å². The largest absolute Gasteiger partial charge is 0.381 e. The van der Waals surface area contributed by atoms with Crippen molar-refractivity contribution in [3.63, 3.8) is 0 Å². The van der Waals surface area contributed by atoms with Gasteiger partial charge in [0.15, 0.2) is 0 Å². The second-order valence-electron chi connectivity index (χ2n) is 5.63. The van der Waals surface area contributed by atoms with E-state index < -0.39 is 10.0 Å². The van der Waals surface area contributed by atoms with Gasteiger partial charge in [0.1, 0.15) is 0 Å². The second-order valence-corrected chi connectivity index (χ2v) is 8.04. The van der Waals surface area contributed by atoms with E-state index >= 15 is 0 Å². The minimum atomic E-state index is -3.67. The van der Waals surface area contributed by atoms with Crippen LogP contribution < -0.4 is 10.5 Å². The van der Waals surface area contributed by atoms with E-state index in [0.717, 1.165) is 25.1 Å². The highest BCUT2D eigenvalue weighted by Gasteiger charge is 2.29. The topological polar surface area (TPSA) is 81.4 Å². The van der Waals surface area contributed by atoms with Gasteiger partial charge in [0.2, 0.25) is 10.0 Å². The number of nitrogens with one attached hydrogen (secondary N) is 1. The highest BCUT2D eigenvalue weighted by atomic mass is 79.9. The van der Waals surface area contributed by atoms with Crippen molar-refractivity contribution in [3.8, 4) is 0 Å². The van der Waals surface area contributed by atoms with Crippen molar-refractivity contribution in [2.45, 2.75) is 43.2 Å². The van der Waals surface area contributed by atoms with Gasteiger partial charge in [0.25, 0.3) is 0 Å². The molecule has 1 aromatic rings. The first-order valence-corrected chi connectivity index (χ1v) is 8.74. The van der Waals surface area contributed by atoms with E-state index in [1.54, 1.807) is 6.07 Å². The lowest BCUT2D eigenvalue weighted by Crippen LogP contribution is -2.40. The van der Waals surface area contributed by atoms with Crippen LogP contribution in [-0.2, 0) is 14.8 Å². The van der Waals surface area contributed by atoms with E-state index in [9.17, 15) is 8.42 Å². The smallest absolute Gasteiger partial charge is 0.238 e. The number of anilines is 1. The second kappa shape index (κ2) is 5.63. The van der Waals surface area contributed by atoms with Crippen molar-refractivity contribution >= 4 is 31.6 Å². The van der Waals surface area contributed by atoms with Crippen LogP contribution in [0.2, 0.25) is 0 Å². The summed E-state index contributed by atoms with van der Waals surface area (Å²) in [5.41, 5.74) is 0.725. The SMILES string of the molecule is CC1(C)CC(Nc2ccc(S(N)(=O)=O)cc2Br)CCO1. The summed E-state index contributed by atoms with van der Waals surface area (Å²) in [6.45, 7) is 4.86. The maximum atomic E-state index is 11.3. The fourth-order valence-electron chi connectivity index (χ4n) is 2.36. The van der Waals surface area contributed by atoms with Gasteiger partial charge in [-0.15, -0.1) is 0 Å². The average molecular weight is 363 g/mol. The molecule has 5 nitrogen and oxygen atoms in total. The molecule has 3 N–H and O–H groups in total. The Morgan fingerprint density at radius 2 is 2.15 bits per heavy atom. The predicted molar refractivity (Wildman–Crippen MR) is 82.2 cm³/mol. The summed E-state index contributed by atoms with van der Waals surface area (Å²) in [6.07, 6.45) is 1.82. The molecule has 0 spiro atoms. The first-order valence-electron chi connectivity index (χ1n) is 6.40. The Balaban J connectivity index is 2.14. The normalized spacial score (nSPS) is 22.5. The van der Waals surface area contributed by atoms with Crippen molar-refractivity contribution in [3.05, 3.63) is 22.7 Å². The van der Waals surface area contributed by atoms with Crippen molar-refractivity contribution in [1.82, 2.24) is 0 Å². The van der Waals surface area contributed by atoms with E-state index in [-0.39, 0.29) is 10.5 Å². The van der Waals surface area contributed by atoms with Crippen LogP contribution >= 0.6 is 15.9 Å². The van der Waals surface area contributed by atoms with Crippen LogP contribution in [0.25, 0.3) is 0 Å². The quantitative estimate of drug-likeness (QED) is 0.865. The van der Waals surface area contributed by atoms with Gasteiger partial charge < -0.3 is 10.1 Å². The number of hydrogen-bond acceptors (Lipinski definition) is 4. The van der Waals surface area contributed by atoms with Crippen molar-refractivity contribution in [2.75, 3.05) is 11.9 Å². The van der Waals surface area contributed by atoms with Crippen molar-refractivity contribution in [2.24, 2.45) is 5.14 Å². The Labute approximate surface area is 128 Å². The zero-order chi connectivity index (χ0) is 15.0. The Morgan fingerprint density at radius 3 is 2.70 bits per heavy atom. The lowest BCUT2D eigenvalue weighted by molar-refractivity contribution is -0.0553. The van der Waals surface area contributed by atoms with Gasteiger partial charge in [0.05, 0.1) is 10.5 Å². The average Bonchev–Trinajstić information content (AvgIpc) is 2.29. The third kappa shape index (κ3) is 3.94. The molecule has 20 heavy (non-hydrogen) atoms. The number of hydrogen-bond donors (Lipinski definition) is 2. The van der Waals surface area contributed by atoms with Gasteiger partial charge in [-0.1, -0.05) is 0 Å². The molecule has 1 fully saturated rings. The van der Waals surface area contributed by atoms with Gasteiger partial charge in [-0.3, -0.25) is 0 Å². The summed E-state index contributed by atoms with van der Waals surface area (Å²) in [7, 11) is -3.67. The molecule has 1 aliphatic heterocycles. The van der Waals surface area contributed by atoms with Crippen LogP contribution in [0, 0.1) is 0 Å². The molecule has 0 radical (unpaired) electrons. The highest BCUT2D eigenvalue weighted by molar-refractivity contribution is 9.10. The van der Waals surface area contributed by atoms with Crippen LogP contribution in [0.1, 0.15) is 26.7 Å². The van der Waals surface area contributed by atoms with Crippen molar-refractivity contribution < 1.29 is 13.2 Å². The van der Waals surface area contributed by atoms with E-state index in [2.05, 4.69) is 35.1 Å². The lowest BCUT2D eigenvalue weighted by atomic mass is 9.94. The fourth-order valence-corrected chi connectivity index (χ4v) is 3.55. The van der Waals surface area contributed by atoms with E-state index in [1.165, 1.54) is 12.1 Å². The summed E-state index contributed by atoms with van der Waals surface area (Å²) >= 11 is 3.38. The number of halogens is 1. The molecule has 112 valence electrons. The van der Waals surface area contributed by atoms with Gasteiger partial charge in [-0.2, -0.15) is 0 Å². The Kier molecular flexibility index (Phi) is 4.44. The molecule has 1 aliphatic rings. The lowest BCUT2D eigenvalue weighted by Gasteiger charge is -2.36. The monoisotopic (exact) mass is 362 g/mol. The zero-order valence-electron chi connectivity index (χ0n) is 11.5. The molecule has 0 bridgehead atoms. The fraction of sp³-hybridized carbons (Fsp3) is 0.538. The minimum absolute atomic E-state index is 0.0993. The molecule has 0 aromatic heterocycles. The number of sulfonamides is 1. The third-order valence-corrected chi connectivity index (χ3v) is 4.89. The van der Waals surface area contributed by atoms with E-state index in [0.29, 0.717) is 10.5 Å². The maximum Gasteiger partial charge on any atom is 0.238 e. The maximum absolute atomic E-state index is 11.3. The van der Waals surface area contributed by atoms with Gasteiger partial charge in [0, 0.05) is 22.8 Å².